The molecule has 0 atom stereocenters. The van der Waals surface area contributed by atoms with Crippen molar-refractivity contribution in [3.05, 3.63) is 70.8 Å². The first-order valence-corrected chi connectivity index (χ1v) is 6.31. The monoisotopic (exact) mass is 240 g/mol. The molecule has 0 aliphatic rings. The van der Waals surface area contributed by atoms with E-state index >= 15 is 0 Å². The zero-order valence-corrected chi connectivity index (χ0v) is 11.3. The minimum Gasteiger partial charge on any atom is -0.395 e. The van der Waals surface area contributed by atoms with E-state index < -0.39 is 0 Å². The van der Waals surface area contributed by atoms with Crippen LogP contribution in [-0.2, 0) is 5.41 Å². The molecule has 0 aliphatic heterocycles. The van der Waals surface area contributed by atoms with Crippen molar-refractivity contribution in [3.8, 4) is 0 Å². The number of aliphatic hydroxyl groups excluding tert-OH is 1. The first kappa shape index (κ1) is 12.8. The van der Waals surface area contributed by atoms with Crippen molar-refractivity contribution < 1.29 is 5.11 Å². The molecule has 94 valence electrons. The highest BCUT2D eigenvalue weighted by Crippen LogP contribution is 2.32. The molecule has 0 heterocycles. The second-order valence-corrected chi connectivity index (χ2v) is 5.23. The van der Waals surface area contributed by atoms with E-state index in [4.69, 9.17) is 0 Å². The van der Waals surface area contributed by atoms with Crippen LogP contribution in [0, 0.1) is 13.8 Å². The minimum atomic E-state index is -0.335. The molecule has 0 fully saturated rings. The van der Waals surface area contributed by atoms with Crippen LogP contribution in [0.25, 0.3) is 0 Å². The predicted molar refractivity (Wildman–Crippen MR) is 75.9 cm³/mol. The second kappa shape index (κ2) is 4.95. The normalized spacial score (nSPS) is 11.6. The molecular weight excluding hydrogens is 220 g/mol. The van der Waals surface area contributed by atoms with E-state index in [0.717, 1.165) is 11.1 Å². The third kappa shape index (κ3) is 2.32. The van der Waals surface area contributed by atoms with Gasteiger partial charge in [0.25, 0.3) is 0 Å². The molecule has 18 heavy (non-hydrogen) atoms. The molecule has 0 aliphatic carbocycles. The summed E-state index contributed by atoms with van der Waals surface area (Å²) in [4.78, 5) is 0. The number of aliphatic hydroxyl groups is 1. The third-order valence-corrected chi connectivity index (χ3v) is 3.63. The molecule has 0 unspecified atom stereocenters. The van der Waals surface area contributed by atoms with Gasteiger partial charge in [-0.05, 0) is 31.9 Å². The number of hydrogen-bond acceptors (Lipinski definition) is 1. The maximum Gasteiger partial charge on any atom is 0.0566 e. The van der Waals surface area contributed by atoms with Crippen molar-refractivity contribution in [2.24, 2.45) is 0 Å². The largest absolute Gasteiger partial charge is 0.395 e. The Morgan fingerprint density at radius 1 is 0.889 bits per heavy atom. The van der Waals surface area contributed by atoms with Crippen LogP contribution in [0.5, 0.6) is 0 Å². The number of aryl methyl sites for hydroxylation is 2. The van der Waals surface area contributed by atoms with Crippen molar-refractivity contribution in [2.45, 2.75) is 26.2 Å². The van der Waals surface area contributed by atoms with E-state index in [1.54, 1.807) is 0 Å². The van der Waals surface area contributed by atoms with Gasteiger partial charge in [0.1, 0.15) is 0 Å². The fourth-order valence-electron chi connectivity index (χ4n) is 2.33. The van der Waals surface area contributed by atoms with Crippen molar-refractivity contribution in [1.29, 1.82) is 0 Å². The smallest absolute Gasteiger partial charge is 0.0566 e. The summed E-state index contributed by atoms with van der Waals surface area (Å²) in [5, 5.41) is 9.87. The van der Waals surface area contributed by atoms with Gasteiger partial charge in [-0.3, -0.25) is 0 Å². The first-order valence-electron chi connectivity index (χ1n) is 6.31. The molecule has 2 rings (SSSR count). The molecule has 1 nitrogen and oxygen atoms in total. The molecule has 0 bridgehead atoms. The second-order valence-electron chi connectivity index (χ2n) is 5.23. The summed E-state index contributed by atoms with van der Waals surface area (Å²) in [7, 11) is 0. The van der Waals surface area contributed by atoms with Gasteiger partial charge in [0.15, 0.2) is 0 Å². The van der Waals surface area contributed by atoms with Crippen molar-refractivity contribution in [1.82, 2.24) is 0 Å². The lowest BCUT2D eigenvalue weighted by Crippen LogP contribution is -2.28. The van der Waals surface area contributed by atoms with Gasteiger partial charge in [0.05, 0.1) is 6.61 Å². The third-order valence-electron chi connectivity index (χ3n) is 3.63. The predicted octanol–water partition coefficient (Wildman–Crippen LogP) is 3.60. The maximum absolute atomic E-state index is 9.87. The number of rotatable bonds is 3. The van der Waals surface area contributed by atoms with Crippen LogP contribution in [0.3, 0.4) is 0 Å². The van der Waals surface area contributed by atoms with Crippen LogP contribution in [0.1, 0.15) is 29.2 Å². The van der Waals surface area contributed by atoms with E-state index in [2.05, 4.69) is 57.2 Å². The summed E-state index contributed by atoms with van der Waals surface area (Å²) in [6.07, 6.45) is 0. The highest BCUT2D eigenvalue weighted by molar-refractivity contribution is 5.41. The summed E-state index contributed by atoms with van der Waals surface area (Å²) in [5.41, 5.74) is 4.43. The maximum atomic E-state index is 9.87. The van der Waals surface area contributed by atoms with Crippen LogP contribution < -0.4 is 0 Å². The number of hydrogen-bond donors (Lipinski definition) is 1. The van der Waals surface area contributed by atoms with E-state index in [1.165, 1.54) is 11.1 Å². The summed E-state index contributed by atoms with van der Waals surface area (Å²) in [6.45, 7) is 6.37. The minimum absolute atomic E-state index is 0.111. The molecule has 0 saturated heterocycles. The van der Waals surface area contributed by atoms with Gasteiger partial charge in [-0.2, -0.15) is 0 Å². The van der Waals surface area contributed by atoms with Crippen molar-refractivity contribution in [2.75, 3.05) is 6.61 Å². The lowest BCUT2D eigenvalue weighted by Gasteiger charge is -2.29. The highest BCUT2D eigenvalue weighted by Gasteiger charge is 2.28. The van der Waals surface area contributed by atoms with Gasteiger partial charge in [0, 0.05) is 5.41 Å². The quantitative estimate of drug-likeness (QED) is 0.869. The Bertz CT molecular complexity index is 497. The van der Waals surface area contributed by atoms with E-state index in [0.29, 0.717) is 0 Å². The summed E-state index contributed by atoms with van der Waals surface area (Å²) < 4.78 is 0. The molecule has 0 saturated carbocycles. The Labute approximate surface area is 109 Å². The Morgan fingerprint density at radius 3 is 1.67 bits per heavy atom. The molecule has 0 amide bonds. The molecule has 0 aromatic heterocycles. The average Bonchev–Trinajstić information content (AvgIpc) is 2.38. The molecule has 2 aromatic carbocycles. The summed E-state index contributed by atoms with van der Waals surface area (Å²) in [5.74, 6) is 0. The lowest BCUT2D eigenvalue weighted by atomic mass is 9.76. The van der Waals surface area contributed by atoms with E-state index in [-0.39, 0.29) is 12.0 Å². The molecule has 1 heteroatoms. The summed E-state index contributed by atoms with van der Waals surface area (Å²) in [6, 6.07) is 16.7. The SMILES string of the molecule is Cc1cccc(C(C)(CO)c2cccc(C)c2)c1. The molecule has 0 radical (unpaired) electrons. The van der Waals surface area contributed by atoms with Gasteiger partial charge in [-0.15, -0.1) is 0 Å². The van der Waals surface area contributed by atoms with Crippen LogP contribution in [0.2, 0.25) is 0 Å². The van der Waals surface area contributed by atoms with Crippen LogP contribution in [0.4, 0.5) is 0 Å². The van der Waals surface area contributed by atoms with Crippen LogP contribution >= 0.6 is 0 Å². The zero-order valence-electron chi connectivity index (χ0n) is 11.3. The van der Waals surface area contributed by atoms with Gasteiger partial charge in [0.2, 0.25) is 0 Å². The molecule has 0 spiro atoms. The Hall–Kier alpha value is -1.60. The van der Waals surface area contributed by atoms with E-state index in [1.807, 2.05) is 12.1 Å². The molecule has 1 N–H and O–H groups in total. The Kier molecular flexibility index (Phi) is 3.53. The fourth-order valence-corrected chi connectivity index (χ4v) is 2.33. The molecular formula is C17H20O. The van der Waals surface area contributed by atoms with Crippen LogP contribution in [-0.4, -0.2) is 11.7 Å². The van der Waals surface area contributed by atoms with Gasteiger partial charge in [-0.25, -0.2) is 0 Å². The van der Waals surface area contributed by atoms with Crippen molar-refractivity contribution in [3.63, 3.8) is 0 Å². The first-order chi connectivity index (χ1) is 8.56. The standard InChI is InChI=1S/C17H20O/c1-13-6-4-8-15(10-13)17(3,12-18)16-9-5-7-14(2)11-16/h4-11,18H,12H2,1-3H3. The Morgan fingerprint density at radius 2 is 1.33 bits per heavy atom. The highest BCUT2D eigenvalue weighted by atomic mass is 16.3. The lowest BCUT2D eigenvalue weighted by molar-refractivity contribution is 0.231. The van der Waals surface area contributed by atoms with Crippen LogP contribution in [0.15, 0.2) is 48.5 Å². The van der Waals surface area contributed by atoms with Gasteiger partial charge < -0.3 is 5.11 Å². The number of benzene rings is 2. The van der Waals surface area contributed by atoms with Crippen molar-refractivity contribution >= 4 is 0 Å². The van der Waals surface area contributed by atoms with E-state index in [9.17, 15) is 5.11 Å². The van der Waals surface area contributed by atoms with Gasteiger partial charge in [-0.1, -0.05) is 59.7 Å². The molecule has 2 aromatic rings. The zero-order chi connectivity index (χ0) is 13.2. The Balaban J connectivity index is 2.54. The average molecular weight is 240 g/mol. The van der Waals surface area contributed by atoms with Gasteiger partial charge >= 0.3 is 0 Å². The summed E-state index contributed by atoms with van der Waals surface area (Å²) >= 11 is 0. The topological polar surface area (TPSA) is 20.2 Å². The fraction of sp³-hybridized carbons (Fsp3) is 0.294.